The lowest BCUT2D eigenvalue weighted by atomic mass is 10.2. The van der Waals surface area contributed by atoms with E-state index in [0.717, 1.165) is 49.6 Å². The van der Waals surface area contributed by atoms with Crippen LogP contribution >= 0.6 is 0 Å². The number of rotatable bonds is 4. The summed E-state index contributed by atoms with van der Waals surface area (Å²) < 4.78 is 7.30. The number of carbonyl (C=O) groups is 1. The van der Waals surface area contributed by atoms with Gasteiger partial charge < -0.3 is 14.4 Å². The van der Waals surface area contributed by atoms with Gasteiger partial charge in [-0.15, -0.1) is 10.2 Å². The van der Waals surface area contributed by atoms with E-state index in [9.17, 15) is 4.79 Å². The van der Waals surface area contributed by atoms with Gasteiger partial charge in [0, 0.05) is 24.9 Å². The van der Waals surface area contributed by atoms with Crippen LogP contribution in [0.4, 0.5) is 0 Å². The fraction of sp³-hybridized carbons (Fsp3) is 0.571. The molecule has 2 aliphatic rings. The molecule has 0 unspecified atom stereocenters. The summed E-state index contributed by atoms with van der Waals surface area (Å²) in [5, 5.41) is 15.1. The van der Waals surface area contributed by atoms with Crippen molar-refractivity contribution in [3.05, 3.63) is 29.2 Å². The normalized spacial score (nSPS) is 18.5. The molecular weight excluding hydrogens is 270 g/mol. The lowest BCUT2D eigenvalue weighted by molar-refractivity contribution is 0.0928. The van der Waals surface area contributed by atoms with Crippen LogP contribution in [0.3, 0.4) is 0 Å². The quantitative estimate of drug-likeness (QED) is 0.922. The smallest absolute Gasteiger partial charge is 0.274 e. The summed E-state index contributed by atoms with van der Waals surface area (Å²) in [5.74, 6) is 2.85. The zero-order chi connectivity index (χ0) is 14.4. The summed E-state index contributed by atoms with van der Waals surface area (Å²) in [5.41, 5.74) is 0.338. The van der Waals surface area contributed by atoms with Gasteiger partial charge >= 0.3 is 0 Å². The van der Waals surface area contributed by atoms with Crippen molar-refractivity contribution in [3.8, 4) is 0 Å². The number of fused-ring (bicyclic) bond motifs is 1. The first-order chi connectivity index (χ1) is 10.2. The molecule has 7 heteroatoms. The van der Waals surface area contributed by atoms with Crippen molar-refractivity contribution in [2.24, 2.45) is 0 Å². The lowest BCUT2D eigenvalue weighted by Crippen LogP contribution is -2.28. The van der Waals surface area contributed by atoms with E-state index < -0.39 is 0 Å². The lowest BCUT2D eigenvalue weighted by Gasteiger charge is -2.12. The van der Waals surface area contributed by atoms with Crippen LogP contribution in [-0.2, 0) is 13.0 Å². The molecule has 0 spiro atoms. The van der Waals surface area contributed by atoms with Crippen LogP contribution < -0.4 is 5.32 Å². The fourth-order valence-electron chi connectivity index (χ4n) is 2.79. The summed E-state index contributed by atoms with van der Waals surface area (Å²) in [6.45, 7) is 2.84. The second-order valence-corrected chi connectivity index (χ2v) is 5.81. The Morgan fingerprint density at radius 1 is 1.48 bits per heavy atom. The van der Waals surface area contributed by atoms with Gasteiger partial charge in [0.2, 0.25) is 0 Å². The molecule has 1 amide bonds. The Labute approximate surface area is 121 Å². The minimum Gasteiger partial charge on any atom is -0.360 e. The van der Waals surface area contributed by atoms with Gasteiger partial charge in [0.05, 0.1) is 6.04 Å². The maximum absolute atomic E-state index is 12.2. The molecule has 2 aromatic rings. The summed E-state index contributed by atoms with van der Waals surface area (Å²) >= 11 is 0. The third-order valence-electron chi connectivity index (χ3n) is 4.11. The highest BCUT2D eigenvalue weighted by Gasteiger charge is 2.29. The molecule has 0 bridgehead atoms. The largest absolute Gasteiger partial charge is 0.360 e. The number of hydrogen-bond acceptors (Lipinski definition) is 5. The summed E-state index contributed by atoms with van der Waals surface area (Å²) in [6.07, 6.45) is 4.30. The number of aryl methyl sites for hydroxylation is 1. The van der Waals surface area contributed by atoms with Gasteiger partial charge in [0.15, 0.2) is 11.5 Å². The van der Waals surface area contributed by atoms with E-state index in [1.807, 2.05) is 6.92 Å². The van der Waals surface area contributed by atoms with Crippen LogP contribution in [0.5, 0.6) is 0 Å². The Kier molecular flexibility index (Phi) is 2.80. The Bertz CT molecular complexity index is 685. The van der Waals surface area contributed by atoms with Crippen molar-refractivity contribution in [1.82, 2.24) is 25.2 Å². The van der Waals surface area contributed by atoms with Crippen LogP contribution in [-0.4, -0.2) is 25.8 Å². The van der Waals surface area contributed by atoms with Crippen molar-refractivity contribution in [3.63, 3.8) is 0 Å². The molecule has 1 aliphatic heterocycles. The molecule has 0 aromatic carbocycles. The Morgan fingerprint density at radius 2 is 2.33 bits per heavy atom. The van der Waals surface area contributed by atoms with E-state index in [1.54, 1.807) is 6.07 Å². The van der Waals surface area contributed by atoms with Gasteiger partial charge in [-0.25, -0.2) is 0 Å². The van der Waals surface area contributed by atoms with Crippen molar-refractivity contribution in [1.29, 1.82) is 0 Å². The van der Waals surface area contributed by atoms with Crippen LogP contribution in [0.25, 0.3) is 0 Å². The highest BCUT2D eigenvalue weighted by Crippen LogP contribution is 2.40. The molecular formula is C14H17N5O2. The second kappa shape index (κ2) is 4.68. The SMILES string of the molecule is C[C@H](NC(=O)c1cc(C2CC2)on1)c1nnc2n1CCC2. The molecule has 7 nitrogen and oxygen atoms in total. The standard InChI is InChI=1S/C14H17N5O2/c1-8(13-17-16-12-3-2-6-19(12)13)15-14(20)10-7-11(21-18-10)9-4-5-9/h7-9H,2-6H2,1H3,(H,15,20)/t8-/m0/s1. The first-order valence-corrected chi connectivity index (χ1v) is 7.42. The fourth-order valence-corrected chi connectivity index (χ4v) is 2.79. The monoisotopic (exact) mass is 287 g/mol. The molecule has 0 radical (unpaired) electrons. The highest BCUT2D eigenvalue weighted by molar-refractivity contribution is 5.92. The van der Waals surface area contributed by atoms with Crippen molar-refractivity contribution < 1.29 is 9.32 Å². The number of amides is 1. The molecule has 0 saturated heterocycles. The van der Waals surface area contributed by atoms with E-state index in [4.69, 9.17) is 4.52 Å². The van der Waals surface area contributed by atoms with E-state index in [0.29, 0.717) is 11.6 Å². The number of aromatic nitrogens is 4. The zero-order valence-electron chi connectivity index (χ0n) is 11.9. The van der Waals surface area contributed by atoms with Crippen molar-refractivity contribution in [2.75, 3.05) is 0 Å². The summed E-state index contributed by atoms with van der Waals surface area (Å²) in [7, 11) is 0. The molecule has 1 N–H and O–H groups in total. The first kappa shape index (κ1) is 12.6. The Hall–Kier alpha value is -2.18. The zero-order valence-corrected chi connectivity index (χ0v) is 11.9. The average Bonchev–Trinajstić information content (AvgIpc) is 2.92. The predicted molar refractivity (Wildman–Crippen MR) is 72.7 cm³/mol. The maximum atomic E-state index is 12.2. The van der Waals surface area contributed by atoms with Gasteiger partial charge in [0.25, 0.3) is 5.91 Å². The minimum absolute atomic E-state index is 0.196. The third-order valence-corrected chi connectivity index (χ3v) is 4.11. The van der Waals surface area contributed by atoms with Crippen molar-refractivity contribution in [2.45, 2.75) is 51.1 Å². The molecule has 21 heavy (non-hydrogen) atoms. The summed E-state index contributed by atoms with van der Waals surface area (Å²) in [4.78, 5) is 12.2. The molecule has 2 aromatic heterocycles. The van der Waals surface area contributed by atoms with Gasteiger partial charge in [-0.05, 0) is 26.2 Å². The van der Waals surface area contributed by atoms with Gasteiger partial charge in [-0.2, -0.15) is 0 Å². The highest BCUT2D eigenvalue weighted by atomic mass is 16.5. The Morgan fingerprint density at radius 3 is 3.14 bits per heavy atom. The van der Waals surface area contributed by atoms with E-state index in [-0.39, 0.29) is 11.9 Å². The topological polar surface area (TPSA) is 85.8 Å². The van der Waals surface area contributed by atoms with Crippen LogP contribution in [0.15, 0.2) is 10.6 Å². The van der Waals surface area contributed by atoms with E-state index in [1.165, 1.54) is 0 Å². The van der Waals surface area contributed by atoms with E-state index >= 15 is 0 Å². The van der Waals surface area contributed by atoms with Crippen molar-refractivity contribution >= 4 is 5.91 Å². The summed E-state index contributed by atoms with van der Waals surface area (Å²) in [6, 6.07) is 1.55. The van der Waals surface area contributed by atoms with Gasteiger partial charge in [-0.3, -0.25) is 4.79 Å². The number of nitrogens with one attached hydrogen (secondary N) is 1. The third kappa shape index (κ3) is 2.22. The molecule has 110 valence electrons. The van der Waals surface area contributed by atoms with Gasteiger partial charge in [-0.1, -0.05) is 5.16 Å². The predicted octanol–water partition coefficient (Wildman–Crippen LogP) is 1.58. The molecule has 3 heterocycles. The molecule has 4 rings (SSSR count). The molecule has 1 saturated carbocycles. The Balaban J connectivity index is 1.47. The number of hydrogen-bond donors (Lipinski definition) is 1. The van der Waals surface area contributed by atoms with Gasteiger partial charge in [0.1, 0.15) is 11.6 Å². The average molecular weight is 287 g/mol. The van der Waals surface area contributed by atoms with Crippen LogP contribution in [0.1, 0.15) is 66.0 Å². The molecule has 1 aliphatic carbocycles. The van der Waals surface area contributed by atoms with E-state index in [2.05, 4.69) is 25.2 Å². The molecule has 1 fully saturated rings. The first-order valence-electron chi connectivity index (χ1n) is 7.42. The second-order valence-electron chi connectivity index (χ2n) is 5.81. The van der Waals surface area contributed by atoms with Crippen LogP contribution in [0.2, 0.25) is 0 Å². The minimum atomic E-state index is -0.228. The van der Waals surface area contributed by atoms with Crippen LogP contribution in [0, 0.1) is 0 Å². The number of carbonyl (C=O) groups excluding carboxylic acids is 1. The molecule has 1 atom stereocenters. The number of nitrogens with zero attached hydrogens (tertiary/aromatic N) is 4. The maximum Gasteiger partial charge on any atom is 0.274 e.